The average Bonchev–Trinajstić information content (AvgIpc) is 3.44. The molecule has 148 valence electrons. The fraction of sp³-hybridized carbons (Fsp3) is 0.667. The summed E-state index contributed by atoms with van der Waals surface area (Å²) in [5.41, 5.74) is 3.41. The number of amides is 1. The third kappa shape index (κ3) is 4.00. The van der Waals surface area contributed by atoms with Gasteiger partial charge in [0.05, 0.1) is 16.6 Å². The van der Waals surface area contributed by atoms with Crippen LogP contribution in [0.15, 0.2) is 6.07 Å². The molecule has 6 nitrogen and oxygen atoms in total. The van der Waals surface area contributed by atoms with Gasteiger partial charge in [0.2, 0.25) is 0 Å². The van der Waals surface area contributed by atoms with E-state index in [1.165, 1.54) is 0 Å². The Balaban J connectivity index is 1.88. The van der Waals surface area contributed by atoms with Gasteiger partial charge in [-0.05, 0) is 44.8 Å². The topological polar surface area (TPSA) is 63.1 Å². The van der Waals surface area contributed by atoms with E-state index >= 15 is 0 Å². The molecule has 1 aliphatic rings. The van der Waals surface area contributed by atoms with Crippen LogP contribution in [0.5, 0.6) is 0 Å². The van der Waals surface area contributed by atoms with Gasteiger partial charge < -0.3 is 5.32 Å². The number of aryl methyl sites for hydroxylation is 2. The summed E-state index contributed by atoms with van der Waals surface area (Å²) in [7, 11) is 1.90. The predicted molar refractivity (Wildman–Crippen MR) is 109 cm³/mol. The number of hydrogen-bond acceptors (Lipinski definition) is 4. The number of nitrogens with one attached hydrogen (secondary N) is 1. The van der Waals surface area contributed by atoms with Gasteiger partial charge in [-0.15, -0.1) is 0 Å². The summed E-state index contributed by atoms with van der Waals surface area (Å²) in [5, 5.41) is 8.58. The normalized spacial score (nSPS) is 15.7. The second-order valence-electron chi connectivity index (χ2n) is 8.02. The zero-order chi connectivity index (χ0) is 19.7. The Hall–Kier alpha value is -1.95. The number of aromatic nitrogens is 3. The van der Waals surface area contributed by atoms with Crippen molar-refractivity contribution >= 4 is 16.9 Å². The lowest BCUT2D eigenvalue weighted by atomic mass is 10.0. The van der Waals surface area contributed by atoms with Crippen molar-refractivity contribution in [3.63, 3.8) is 0 Å². The van der Waals surface area contributed by atoms with Crippen LogP contribution in [-0.2, 0) is 7.05 Å². The highest BCUT2D eigenvalue weighted by Crippen LogP contribution is 2.40. The van der Waals surface area contributed by atoms with Crippen LogP contribution in [0.3, 0.4) is 0 Å². The number of pyridine rings is 1. The summed E-state index contributed by atoms with van der Waals surface area (Å²) in [6.07, 6.45) is 2.32. The molecule has 0 unspecified atom stereocenters. The van der Waals surface area contributed by atoms with Gasteiger partial charge in [0, 0.05) is 31.2 Å². The summed E-state index contributed by atoms with van der Waals surface area (Å²) in [5.74, 6) is 0.957. The second kappa shape index (κ2) is 7.97. The highest BCUT2D eigenvalue weighted by atomic mass is 16.1. The molecule has 0 aromatic carbocycles. The minimum atomic E-state index is -0.0155. The molecular formula is C21H33N5O. The predicted octanol–water partition coefficient (Wildman–Crippen LogP) is 3.25. The van der Waals surface area contributed by atoms with Crippen molar-refractivity contribution in [3.8, 4) is 0 Å². The molecule has 0 radical (unpaired) electrons. The Kier molecular flexibility index (Phi) is 5.84. The number of likely N-dealkylation sites (N-methyl/N-ethyl adjacent to an activating group) is 1. The third-order valence-electron chi connectivity index (χ3n) is 5.75. The van der Waals surface area contributed by atoms with Gasteiger partial charge in [-0.3, -0.25) is 14.4 Å². The first-order chi connectivity index (χ1) is 12.9. The molecule has 0 bridgehead atoms. The zero-order valence-electron chi connectivity index (χ0n) is 17.5. The van der Waals surface area contributed by atoms with Crippen molar-refractivity contribution in [1.29, 1.82) is 0 Å². The summed E-state index contributed by atoms with van der Waals surface area (Å²) >= 11 is 0. The summed E-state index contributed by atoms with van der Waals surface area (Å²) in [4.78, 5) is 20.4. The molecule has 0 spiro atoms. The first kappa shape index (κ1) is 19.8. The number of hydrogen-bond donors (Lipinski definition) is 1. The number of rotatable bonds is 8. The first-order valence-electron chi connectivity index (χ1n) is 10.2. The molecule has 0 aliphatic heterocycles. The molecule has 1 aliphatic carbocycles. The fourth-order valence-corrected chi connectivity index (χ4v) is 4.00. The largest absolute Gasteiger partial charge is 0.350 e. The Bertz CT molecular complexity index is 818. The van der Waals surface area contributed by atoms with Crippen molar-refractivity contribution in [1.82, 2.24) is 25.0 Å². The Morgan fingerprint density at radius 1 is 1.33 bits per heavy atom. The van der Waals surface area contributed by atoms with Gasteiger partial charge in [0.1, 0.15) is 0 Å². The maximum atomic E-state index is 13.1. The van der Waals surface area contributed by atoms with E-state index in [2.05, 4.69) is 43.0 Å². The Morgan fingerprint density at radius 3 is 2.56 bits per heavy atom. The molecule has 1 saturated carbocycles. The zero-order valence-corrected chi connectivity index (χ0v) is 17.5. The highest BCUT2D eigenvalue weighted by Gasteiger charge is 2.29. The quantitative estimate of drug-likeness (QED) is 0.774. The number of fused-ring (bicyclic) bond motifs is 1. The maximum absolute atomic E-state index is 13.1. The Labute approximate surface area is 162 Å². The lowest BCUT2D eigenvalue weighted by Crippen LogP contribution is -2.46. The van der Waals surface area contributed by atoms with Crippen LogP contribution >= 0.6 is 0 Å². The van der Waals surface area contributed by atoms with E-state index in [0.29, 0.717) is 24.4 Å². The molecule has 2 aromatic rings. The maximum Gasteiger partial charge on any atom is 0.252 e. The van der Waals surface area contributed by atoms with E-state index in [9.17, 15) is 4.79 Å². The van der Waals surface area contributed by atoms with E-state index in [1.807, 2.05) is 20.0 Å². The molecule has 1 atom stereocenters. The number of nitrogens with zero attached hydrogens (tertiary/aromatic N) is 4. The molecule has 1 fully saturated rings. The molecule has 6 heteroatoms. The van der Waals surface area contributed by atoms with E-state index in [1.54, 1.807) is 4.68 Å². The van der Waals surface area contributed by atoms with Crippen molar-refractivity contribution in [2.75, 3.05) is 19.6 Å². The highest BCUT2D eigenvalue weighted by molar-refractivity contribution is 6.06. The van der Waals surface area contributed by atoms with Crippen LogP contribution in [0.25, 0.3) is 11.0 Å². The smallest absolute Gasteiger partial charge is 0.252 e. The fourth-order valence-electron chi connectivity index (χ4n) is 4.00. The van der Waals surface area contributed by atoms with Crippen LogP contribution in [0, 0.1) is 12.8 Å². The van der Waals surface area contributed by atoms with Gasteiger partial charge in [0.25, 0.3) is 5.91 Å². The molecule has 2 heterocycles. The molecule has 1 amide bonds. The SMILES string of the molecule is CCN(CC)[C@@H](CNC(=O)c1cc(C2CC2)nc2c1c(C)nn2C)C(C)C. The van der Waals surface area contributed by atoms with Crippen LogP contribution < -0.4 is 5.32 Å². The average molecular weight is 372 g/mol. The van der Waals surface area contributed by atoms with Crippen LogP contribution in [0.4, 0.5) is 0 Å². The molecule has 2 aromatic heterocycles. The van der Waals surface area contributed by atoms with Gasteiger partial charge in [-0.2, -0.15) is 5.10 Å². The summed E-state index contributed by atoms with van der Waals surface area (Å²) in [6, 6.07) is 2.32. The van der Waals surface area contributed by atoms with Crippen molar-refractivity contribution < 1.29 is 4.79 Å². The molecule has 1 N–H and O–H groups in total. The van der Waals surface area contributed by atoms with Crippen molar-refractivity contribution in [3.05, 3.63) is 23.0 Å². The molecule has 0 saturated heterocycles. The monoisotopic (exact) mass is 371 g/mol. The van der Waals surface area contributed by atoms with Gasteiger partial charge in [0.15, 0.2) is 5.65 Å². The molecule has 27 heavy (non-hydrogen) atoms. The minimum absolute atomic E-state index is 0.0155. The molecule has 3 rings (SSSR count). The lowest BCUT2D eigenvalue weighted by molar-refractivity contribution is 0.0922. The van der Waals surface area contributed by atoms with Crippen LogP contribution in [-0.4, -0.2) is 51.2 Å². The summed E-state index contributed by atoms with van der Waals surface area (Å²) in [6.45, 7) is 13.4. The van der Waals surface area contributed by atoms with E-state index < -0.39 is 0 Å². The van der Waals surface area contributed by atoms with Gasteiger partial charge >= 0.3 is 0 Å². The summed E-state index contributed by atoms with van der Waals surface area (Å²) < 4.78 is 1.79. The third-order valence-corrected chi connectivity index (χ3v) is 5.75. The molecular weight excluding hydrogens is 338 g/mol. The van der Waals surface area contributed by atoms with Gasteiger partial charge in [-0.25, -0.2) is 4.98 Å². The van der Waals surface area contributed by atoms with Crippen molar-refractivity contribution in [2.45, 2.75) is 59.4 Å². The van der Waals surface area contributed by atoms with Crippen LogP contribution in [0.1, 0.15) is 68.2 Å². The van der Waals surface area contributed by atoms with E-state index in [-0.39, 0.29) is 5.91 Å². The Morgan fingerprint density at radius 2 is 2.00 bits per heavy atom. The van der Waals surface area contributed by atoms with Crippen molar-refractivity contribution in [2.24, 2.45) is 13.0 Å². The minimum Gasteiger partial charge on any atom is -0.350 e. The van der Waals surface area contributed by atoms with E-state index in [0.717, 1.165) is 53.9 Å². The van der Waals surface area contributed by atoms with Gasteiger partial charge in [-0.1, -0.05) is 27.7 Å². The van der Waals surface area contributed by atoms with Crippen LogP contribution in [0.2, 0.25) is 0 Å². The number of carbonyl (C=O) groups is 1. The lowest BCUT2D eigenvalue weighted by Gasteiger charge is -2.32. The second-order valence-corrected chi connectivity index (χ2v) is 8.02. The first-order valence-corrected chi connectivity index (χ1v) is 10.2. The number of carbonyl (C=O) groups excluding carboxylic acids is 1. The standard InChI is InChI=1S/C21H33N5O/c1-7-26(8-2)18(13(3)4)12-22-21(27)16-11-17(15-9-10-15)23-20-19(16)14(5)24-25(20)6/h11,13,15,18H,7-10,12H2,1-6H3,(H,22,27)/t18-/m0/s1. The van der Waals surface area contributed by atoms with E-state index in [4.69, 9.17) is 4.98 Å².